The minimum absolute atomic E-state index is 0.661. The van der Waals surface area contributed by atoms with Gasteiger partial charge < -0.3 is 4.74 Å². The second kappa shape index (κ2) is 4.82. The molecule has 13 heavy (non-hydrogen) atoms. The largest absolute Gasteiger partial charge is 0.496 e. The quantitative estimate of drug-likeness (QED) is 0.606. The highest BCUT2D eigenvalue weighted by molar-refractivity contribution is 14.1. The summed E-state index contributed by atoms with van der Waals surface area (Å²) in [7, 11) is 1.60. The molecule has 0 N–H and O–H groups in total. The summed E-state index contributed by atoms with van der Waals surface area (Å²) in [4.78, 5) is 0. The Morgan fingerprint density at radius 2 is 2.31 bits per heavy atom. The molecule has 4 heteroatoms. The van der Waals surface area contributed by atoms with Crippen molar-refractivity contribution in [3.8, 4) is 11.8 Å². The third-order valence-corrected chi connectivity index (χ3v) is 3.09. The van der Waals surface area contributed by atoms with Crippen LogP contribution in [0.2, 0.25) is 0 Å². The van der Waals surface area contributed by atoms with Gasteiger partial charge in [0.15, 0.2) is 0 Å². The second-order valence-electron chi connectivity index (χ2n) is 2.39. The molecular weight excluding hydrogens is 345 g/mol. The van der Waals surface area contributed by atoms with Gasteiger partial charge in [-0.05, 0) is 40.3 Å². The maximum Gasteiger partial charge on any atom is 0.133 e. The van der Waals surface area contributed by atoms with Gasteiger partial charge in [0.2, 0.25) is 0 Å². The fourth-order valence-electron chi connectivity index (χ4n) is 0.966. The number of nitriles is 1. The van der Waals surface area contributed by atoms with E-state index in [1.807, 2.05) is 6.07 Å². The Morgan fingerprint density at radius 1 is 1.62 bits per heavy atom. The van der Waals surface area contributed by atoms with E-state index in [0.29, 0.717) is 10.9 Å². The van der Waals surface area contributed by atoms with E-state index >= 15 is 0 Å². The third-order valence-electron chi connectivity index (χ3n) is 1.64. The van der Waals surface area contributed by atoms with Gasteiger partial charge in [-0.1, -0.05) is 15.9 Å². The van der Waals surface area contributed by atoms with E-state index in [2.05, 4.69) is 44.6 Å². The monoisotopic (exact) mass is 351 g/mol. The van der Waals surface area contributed by atoms with Crippen LogP contribution in [0, 0.1) is 14.9 Å². The maximum atomic E-state index is 8.83. The molecule has 0 unspecified atom stereocenters. The molecule has 0 spiro atoms. The van der Waals surface area contributed by atoms with E-state index in [4.69, 9.17) is 10.00 Å². The smallest absolute Gasteiger partial charge is 0.133 e. The van der Waals surface area contributed by atoms with Crippen LogP contribution in [0.5, 0.6) is 5.75 Å². The summed E-state index contributed by atoms with van der Waals surface area (Å²) in [5, 5.41) is 9.52. The lowest BCUT2D eigenvalue weighted by Gasteiger charge is -2.06. The summed E-state index contributed by atoms with van der Waals surface area (Å²) < 4.78 is 6.13. The van der Waals surface area contributed by atoms with Crippen molar-refractivity contribution >= 4 is 38.5 Å². The van der Waals surface area contributed by atoms with Crippen LogP contribution in [0.1, 0.15) is 11.1 Å². The highest BCUT2D eigenvalue weighted by Crippen LogP contribution is 2.25. The first-order valence-electron chi connectivity index (χ1n) is 3.55. The van der Waals surface area contributed by atoms with Crippen molar-refractivity contribution in [2.45, 2.75) is 5.33 Å². The topological polar surface area (TPSA) is 33.0 Å². The Morgan fingerprint density at radius 3 is 2.77 bits per heavy atom. The minimum atomic E-state index is 0.661. The molecule has 0 bridgehead atoms. The van der Waals surface area contributed by atoms with Crippen molar-refractivity contribution in [1.29, 1.82) is 5.26 Å². The molecule has 2 nitrogen and oxygen atoms in total. The van der Waals surface area contributed by atoms with E-state index in [1.54, 1.807) is 13.2 Å². The van der Waals surface area contributed by atoms with E-state index < -0.39 is 0 Å². The molecule has 0 amide bonds. The molecule has 1 rings (SSSR count). The van der Waals surface area contributed by atoms with Crippen molar-refractivity contribution in [2.24, 2.45) is 0 Å². The first-order valence-corrected chi connectivity index (χ1v) is 5.75. The Hall–Kier alpha value is -0.280. The third kappa shape index (κ3) is 2.35. The molecular formula is C9H7BrINO. The predicted octanol–water partition coefficient (Wildman–Crippen LogP) is 3.07. The van der Waals surface area contributed by atoms with Crippen LogP contribution in [-0.2, 0) is 5.33 Å². The highest BCUT2D eigenvalue weighted by atomic mass is 127. The molecule has 0 radical (unpaired) electrons. The number of alkyl halides is 1. The average molecular weight is 352 g/mol. The molecule has 1 aromatic carbocycles. The van der Waals surface area contributed by atoms with Crippen molar-refractivity contribution in [1.82, 2.24) is 0 Å². The number of methoxy groups -OCH3 is 1. The Kier molecular flexibility index (Phi) is 4.00. The standard InChI is InChI=1S/C9H7BrINO/c1-13-9-3-7(5-12)6(4-10)2-8(9)11/h2-3H,4H2,1H3. The normalized spacial score (nSPS) is 9.38. The SMILES string of the molecule is COc1cc(C#N)c(CBr)cc1I. The summed E-state index contributed by atoms with van der Waals surface area (Å²) in [6, 6.07) is 5.85. The van der Waals surface area contributed by atoms with Crippen LogP contribution in [-0.4, -0.2) is 7.11 Å². The number of benzene rings is 1. The summed E-state index contributed by atoms with van der Waals surface area (Å²) >= 11 is 5.52. The zero-order valence-corrected chi connectivity index (χ0v) is 10.7. The Balaban J connectivity index is 3.28. The fourth-order valence-corrected chi connectivity index (χ4v) is 2.18. The van der Waals surface area contributed by atoms with Gasteiger partial charge >= 0.3 is 0 Å². The number of ether oxygens (including phenoxy) is 1. The molecule has 0 saturated heterocycles. The Bertz CT molecular complexity index is 359. The van der Waals surface area contributed by atoms with Gasteiger partial charge in [0, 0.05) is 5.33 Å². The first kappa shape index (κ1) is 10.8. The average Bonchev–Trinajstić information content (AvgIpc) is 2.17. The first-order chi connectivity index (χ1) is 6.22. The van der Waals surface area contributed by atoms with Gasteiger partial charge in [0.25, 0.3) is 0 Å². The van der Waals surface area contributed by atoms with Crippen molar-refractivity contribution in [3.05, 3.63) is 26.8 Å². The molecule has 0 atom stereocenters. The zero-order chi connectivity index (χ0) is 9.84. The molecule has 0 heterocycles. The molecule has 0 saturated carbocycles. The van der Waals surface area contributed by atoms with E-state index in [-0.39, 0.29) is 0 Å². The maximum absolute atomic E-state index is 8.83. The van der Waals surface area contributed by atoms with Gasteiger partial charge in [-0.25, -0.2) is 0 Å². The van der Waals surface area contributed by atoms with Crippen molar-refractivity contribution in [2.75, 3.05) is 7.11 Å². The number of hydrogen-bond acceptors (Lipinski definition) is 2. The lowest BCUT2D eigenvalue weighted by Crippen LogP contribution is -1.92. The number of halogens is 2. The Labute approximate surface area is 99.2 Å². The minimum Gasteiger partial charge on any atom is -0.496 e. The fraction of sp³-hybridized carbons (Fsp3) is 0.222. The van der Waals surface area contributed by atoms with Gasteiger partial charge in [0.05, 0.1) is 22.3 Å². The summed E-state index contributed by atoms with van der Waals surface area (Å²) in [6.45, 7) is 0. The molecule has 0 aliphatic heterocycles. The molecule has 0 aromatic heterocycles. The highest BCUT2D eigenvalue weighted by Gasteiger charge is 2.06. The van der Waals surface area contributed by atoms with Gasteiger partial charge in [-0.2, -0.15) is 5.26 Å². The van der Waals surface area contributed by atoms with Gasteiger partial charge in [-0.15, -0.1) is 0 Å². The van der Waals surface area contributed by atoms with E-state index in [9.17, 15) is 0 Å². The van der Waals surface area contributed by atoms with Crippen molar-refractivity contribution in [3.63, 3.8) is 0 Å². The van der Waals surface area contributed by atoms with Crippen LogP contribution in [0.4, 0.5) is 0 Å². The van der Waals surface area contributed by atoms with Crippen LogP contribution < -0.4 is 4.74 Å². The second-order valence-corrected chi connectivity index (χ2v) is 4.11. The molecule has 0 aliphatic rings. The summed E-state index contributed by atoms with van der Waals surface area (Å²) in [5.74, 6) is 0.752. The van der Waals surface area contributed by atoms with Crippen molar-refractivity contribution < 1.29 is 4.74 Å². The van der Waals surface area contributed by atoms with Crippen LogP contribution in [0.25, 0.3) is 0 Å². The van der Waals surface area contributed by atoms with Crippen LogP contribution in [0.3, 0.4) is 0 Å². The predicted molar refractivity (Wildman–Crippen MR) is 63.1 cm³/mol. The molecule has 68 valence electrons. The van der Waals surface area contributed by atoms with E-state index in [0.717, 1.165) is 14.9 Å². The molecule has 1 aromatic rings. The van der Waals surface area contributed by atoms with E-state index in [1.165, 1.54) is 0 Å². The molecule has 0 fully saturated rings. The van der Waals surface area contributed by atoms with Crippen LogP contribution in [0.15, 0.2) is 12.1 Å². The lowest BCUT2D eigenvalue weighted by atomic mass is 10.1. The lowest BCUT2D eigenvalue weighted by molar-refractivity contribution is 0.411. The van der Waals surface area contributed by atoms with Gasteiger partial charge in [-0.3, -0.25) is 0 Å². The van der Waals surface area contributed by atoms with Crippen LogP contribution >= 0.6 is 38.5 Å². The zero-order valence-electron chi connectivity index (χ0n) is 6.97. The van der Waals surface area contributed by atoms with Gasteiger partial charge in [0.1, 0.15) is 5.75 Å². The summed E-state index contributed by atoms with van der Waals surface area (Å²) in [5.41, 5.74) is 1.65. The number of hydrogen-bond donors (Lipinski definition) is 0. The summed E-state index contributed by atoms with van der Waals surface area (Å²) in [6.07, 6.45) is 0. The molecule has 0 aliphatic carbocycles. The number of nitrogens with zero attached hydrogens (tertiary/aromatic N) is 1. The number of rotatable bonds is 2.